The summed E-state index contributed by atoms with van der Waals surface area (Å²) in [6, 6.07) is 20.2. The maximum absolute atomic E-state index is 14.7. The molecule has 0 bridgehead atoms. The van der Waals surface area contributed by atoms with E-state index in [2.05, 4.69) is 15.3 Å². The van der Waals surface area contributed by atoms with Crippen molar-refractivity contribution < 1.29 is 17.7 Å². The summed E-state index contributed by atoms with van der Waals surface area (Å²) in [7, 11) is -2.58. The summed E-state index contributed by atoms with van der Waals surface area (Å²) in [6.45, 7) is 0.181. The second kappa shape index (κ2) is 9.98. The highest BCUT2D eigenvalue weighted by Gasteiger charge is 2.16. The van der Waals surface area contributed by atoms with E-state index < -0.39 is 21.3 Å². The monoisotopic (exact) mass is 480 g/mol. The smallest absolute Gasteiger partial charge is 0.227 e. The van der Waals surface area contributed by atoms with Crippen LogP contribution in [-0.4, -0.2) is 25.8 Å². The summed E-state index contributed by atoms with van der Waals surface area (Å²) < 4.78 is 46.4. The van der Waals surface area contributed by atoms with E-state index in [-0.39, 0.29) is 29.6 Å². The minimum Gasteiger partial charge on any atom is -0.488 e. The van der Waals surface area contributed by atoms with E-state index >= 15 is 0 Å². The van der Waals surface area contributed by atoms with Crippen LogP contribution in [0.2, 0.25) is 0 Å². The predicted octanol–water partition coefficient (Wildman–Crippen LogP) is 4.68. The Morgan fingerprint density at radius 1 is 1.06 bits per heavy atom. The molecule has 0 aliphatic heterocycles. The molecule has 0 amide bonds. The lowest BCUT2D eigenvalue weighted by Gasteiger charge is -2.13. The third-order valence-corrected chi connectivity index (χ3v) is 5.43. The number of hydrogen-bond donors (Lipinski definition) is 2. The Balaban J connectivity index is 1.64. The summed E-state index contributed by atoms with van der Waals surface area (Å²) in [5, 5.41) is 10.1. The van der Waals surface area contributed by atoms with Crippen molar-refractivity contribution in [3.05, 3.63) is 102 Å². The number of nitrogens with zero attached hydrogens (tertiary/aromatic N) is 2. The predicted molar refractivity (Wildman–Crippen MR) is 131 cm³/mol. The molecule has 34 heavy (non-hydrogen) atoms. The van der Waals surface area contributed by atoms with Gasteiger partial charge in [-0.2, -0.15) is 0 Å². The summed E-state index contributed by atoms with van der Waals surface area (Å²) in [5.41, 5.74) is 2.37. The van der Waals surface area contributed by atoms with E-state index in [1.165, 1.54) is 29.8 Å². The van der Waals surface area contributed by atoms with Gasteiger partial charge in [-0.05, 0) is 35.4 Å². The highest BCUT2D eigenvalue weighted by atomic mass is 32.2. The van der Waals surface area contributed by atoms with Gasteiger partial charge in [0.15, 0.2) is 5.82 Å². The second-order valence-electron chi connectivity index (χ2n) is 7.64. The topological polar surface area (TPSA) is 90.1 Å². The highest BCUT2D eigenvalue weighted by Crippen LogP contribution is 2.32. The van der Waals surface area contributed by atoms with Crippen LogP contribution in [-0.2, 0) is 16.3 Å². The van der Waals surface area contributed by atoms with Gasteiger partial charge in [0.2, 0.25) is 5.95 Å². The van der Waals surface area contributed by atoms with Crippen LogP contribution in [0.15, 0.2) is 79.0 Å². The third-order valence-electron chi connectivity index (χ3n) is 4.69. The molecule has 6 nitrogen and oxygen atoms in total. The van der Waals surface area contributed by atoms with Crippen molar-refractivity contribution in [3.63, 3.8) is 0 Å². The Morgan fingerprint density at radius 3 is 2.62 bits per heavy atom. The normalized spacial score (nSPS) is 12.6. The summed E-state index contributed by atoms with van der Waals surface area (Å²) in [5.74, 6) is -0.917. The van der Waals surface area contributed by atoms with Crippen LogP contribution in [0.1, 0.15) is 11.1 Å². The van der Waals surface area contributed by atoms with Crippen LogP contribution in [0.4, 0.5) is 20.4 Å². The fraction of sp³-hybridized carbons (Fsp3) is 0.0800. The number of rotatable bonds is 7. The van der Waals surface area contributed by atoms with E-state index in [1.807, 2.05) is 30.3 Å². The molecule has 4 rings (SSSR count). The molecule has 4 aromatic rings. The lowest BCUT2D eigenvalue weighted by Crippen LogP contribution is -2.13. The van der Waals surface area contributed by atoms with Gasteiger partial charge in [-0.1, -0.05) is 42.5 Å². The van der Waals surface area contributed by atoms with Crippen LogP contribution in [0.25, 0.3) is 11.3 Å². The minimum atomic E-state index is -2.58. The zero-order chi connectivity index (χ0) is 24.1. The van der Waals surface area contributed by atoms with E-state index in [0.29, 0.717) is 11.3 Å². The summed E-state index contributed by atoms with van der Waals surface area (Å²) in [4.78, 5) is 8.30. The molecule has 0 saturated heterocycles. The zero-order valence-electron chi connectivity index (χ0n) is 18.2. The van der Waals surface area contributed by atoms with Gasteiger partial charge in [-0.3, -0.25) is 9.35 Å². The van der Waals surface area contributed by atoms with Crippen LogP contribution in [0.5, 0.6) is 5.75 Å². The third kappa shape index (κ3) is 6.15. The number of anilines is 2. The zero-order valence-corrected chi connectivity index (χ0v) is 19.1. The average Bonchev–Trinajstić information content (AvgIpc) is 2.79. The fourth-order valence-corrected chi connectivity index (χ4v) is 3.94. The maximum Gasteiger partial charge on any atom is 0.227 e. The molecule has 9 heteroatoms. The molecule has 0 spiro atoms. The quantitative estimate of drug-likeness (QED) is 0.375. The van der Waals surface area contributed by atoms with Crippen molar-refractivity contribution in [2.45, 2.75) is 6.61 Å². The molecule has 0 radical (unpaired) electrons. The number of benzene rings is 3. The molecule has 1 atom stereocenters. The van der Waals surface area contributed by atoms with Gasteiger partial charge in [0, 0.05) is 38.6 Å². The standard InChI is InChI=1S/C25H22F2N4O2S/c1-34(28,32)16-18-8-5-9-20(12-18)30-25-29-14-22(27)24(31-25)21-11-10-19(26)13-23(21)33-15-17-6-3-2-4-7-17/h2-14,16H,15H2,1H3,(H2,28,32)(H,29,30,31). The molecule has 3 aromatic carbocycles. The molecule has 1 aromatic heterocycles. The molecular formula is C25H22F2N4O2S. The van der Waals surface area contributed by atoms with Crippen molar-refractivity contribution in [1.82, 2.24) is 9.97 Å². The first-order valence-electron chi connectivity index (χ1n) is 10.2. The van der Waals surface area contributed by atoms with Crippen LogP contribution in [0, 0.1) is 11.6 Å². The van der Waals surface area contributed by atoms with Gasteiger partial charge < -0.3 is 10.1 Å². The molecule has 174 valence electrons. The first kappa shape index (κ1) is 23.3. The van der Waals surface area contributed by atoms with Crippen molar-refractivity contribution in [2.75, 3.05) is 11.6 Å². The summed E-state index contributed by atoms with van der Waals surface area (Å²) >= 11 is 0. The lowest BCUT2D eigenvalue weighted by molar-refractivity contribution is 0.305. The largest absolute Gasteiger partial charge is 0.488 e. The van der Waals surface area contributed by atoms with Gasteiger partial charge in [0.05, 0.1) is 6.20 Å². The van der Waals surface area contributed by atoms with Gasteiger partial charge >= 0.3 is 0 Å². The van der Waals surface area contributed by atoms with Crippen molar-refractivity contribution in [1.29, 1.82) is 0 Å². The second-order valence-corrected chi connectivity index (χ2v) is 9.81. The van der Waals surface area contributed by atoms with E-state index in [1.54, 1.807) is 24.3 Å². The fourth-order valence-electron chi connectivity index (χ4n) is 3.25. The molecule has 0 aliphatic rings. The first-order valence-corrected chi connectivity index (χ1v) is 12.3. The average molecular weight is 481 g/mol. The Morgan fingerprint density at radius 2 is 1.85 bits per heavy atom. The van der Waals surface area contributed by atoms with Crippen LogP contribution < -0.4 is 15.2 Å². The van der Waals surface area contributed by atoms with Crippen LogP contribution in [0.3, 0.4) is 0 Å². The molecule has 1 unspecified atom stereocenters. The van der Waals surface area contributed by atoms with E-state index in [9.17, 15) is 13.0 Å². The van der Waals surface area contributed by atoms with Gasteiger partial charge in [-0.15, -0.1) is 0 Å². The van der Waals surface area contributed by atoms with Crippen molar-refractivity contribution >= 4 is 26.7 Å². The Hall–Kier alpha value is -3.82. The molecule has 1 heterocycles. The number of aromatic nitrogens is 2. The van der Waals surface area contributed by atoms with E-state index in [0.717, 1.165) is 11.8 Å². The lowest BCUT2D eigenvalue weighted by atomic mass is 10.1. The molecule has 3 N–H and O–H groups in total. The van der Waals surface area contributed by atoms with Crippen molar-refractivity contribution in [3.8, 4) is 17.0 Å². The van der Waals surface area contributed by atoms with Gasteiger partial charge in [0.25, 0.3) is 0 Å². The summed E-state index contributed by atoms with van der Waals surface area (Å²) in [6.07, 6.45) is 2.46. The number of nitrogens with two attached hydrogens (primary N) is 1. The highest BCUT2D eigenvalue weighted by molar-refractivity contribution is 7.98. The molecule has 0 aliphatic carbocycles. The Labute approximate surface area is 196 Å². The first-order chi connectivity index (χ1) is 16.3. The minimum absolute atomic E-state index is 0.0400. The SMILES string of the molecule is CS(N)(=O)=Cc1cccc(Nc2ncc(F)c(-c3ccc(F)cc3OCc3ccccc3)n2)c1. The number of halogens is 2. The Kier molecular flexibility index (Phi) is 6.85. The van der Waals surface area contributed by atoms with E-state index in [4.69, 9.17) is 9.88 Å². The molecule has 0 saturated carbocycles. The van der Waals surface area contributed by atoms with Gasteiger partial charge in [0.1, 0.15) is 23.9 Å². The Bertz CT molecular complexity index is 1430. The molecular weight excluding hydrogens is 458 g/mol. The number of nitrogens with one attached hydrogen (secondary N) is 1. The molecule has 0 fully saturated rings. The van der Waals surface area contributed by atoms with Gasteiger partial charge in [-0.25, -0.2) is 18.7 Å². The van der Waals surface area contributed by atoms with Crippen LogP contribution >= 0.6 is 0 Å². The number of ether oxygens (including phenoxy) is 1. The number of hydrogen-bond acceptors (Lipinski definition) is 5. The maximum atomic E-state index is 14.7. The van der Waals surface area contributed by atoms with Crippen molar-refractivity contribution in [2.24, 2.45) is 5.14 Å².